The first kappa shape index (κ1) is 14.0. The van der Waals surface area contributed by atoms with E-state index in [0.717, 1.165) is 30.6 Å². The molecule has 3 heteroatoms. The van der Waals surface area contributed by atoms with Crippen molar-refractivity contribution in [1.29, 1.82) is 0 Å². The molecule has 0 aliphatic heterocycles. The molecule has 1 aromatic rings. The van der Waals surface area contributed by atoms with Gasteiger partial charge in [0.2, 0.25) is 0 Å². The van der Waals surface area contributed by atoms with Gasteiger partial charge in [-0.1, -0.05) is 12.1 Å². The van der Waals surface area contributed by atoms with E-state index in [0.29, 0.717) is 6.61 Å². The normalized spacial score (nSPS) is 12.5. The molecule has 3 N–H and O–H groups in total. The van der Waals surface area contributed by atoms with Gasteiger partial charge in [0.05, 0.1) is 6.61 Å². The van der Waals surface area contributed by atoms with Gasteiger partial charge in [-0.05, 0) is 44.7 Å². The number of rotatable bonds is 7. The van der Waals surface area contributed by atoms with Crippen LogP contribution in [0.1, 0.15) is 43.4 Å². The first-order valence-corrected chi connectivity index (χ1v) is 6.25. The van der Waals surface area contributed by atoms with E-state index in [2.05, 4.69) is 6.07 Å². The molecule has 1 rings (SSSR count). The number of aryl methyl sites for hydroxylation is 1. The topological polar surface area (TPSA) is 55.5 Å². The van der Waals surface area contributed by atoms with Crippen LogP contribution < -0.4 is 10.5 Å². The number of hydrogen-bond donors (Lipinski definition) is 2. The van der Waals surface area contributed by atoms with Crippen molar-refractivity contribution in [3.63, 3.8) is 0 Å². The summed E-state index contributed by atoms with van der Waals surface area (Å²) in [5, 5.41) is 8.68. The summed E-state index contributed by atoms with van der Waals surface area (Å²) in [5.74, 6) is 0.893. The summed E-state index contributed by atoms with van der Waals surface area (Å²) in [5.41, 5.74) is 8.14. The molecule has 0 amide bonds. The molecule has 0 fully saturated rings. The zero-order valence-corrected chi connectivity index (χ0v) is 10.8. The third kappa shape index (κ3) is 4.75. The summed E-state index contributed by atoms with van der Waals surface area (Å²) in [6, 6.07) is 6.11. The summed E-state index contributed by atoms with van der Waals surface area (Å²) in [6.45, 7) is 4.95. The van der Waals surface area contributed by atoms with Crippen molar-refractivity contribution in [3.8, 4) is 5.75 Å². The van der Waals surface area contributed by atoms with Crippen LogP contribution >= 0.6 is 0 Å². The van der Waals surface area contributed by atoms with Gasteiger partial charge in [-0.3, -0.25) is 0 Å². The number of benzene rings is 1. The second kappa shape index (κ2) is 7.30. The van der Waals surface area contributed by atoms with Crippen LogP contribution in [-0.2, 0) is 0 Å². The standard InChI is InChI=1S/C14H23NO2/c1-11-6-7-13(12(2)15)14(10-11)17-9-5-3-4-8-16/h6-7,10,12,16H,3-5,8-9,15H2,1-2H3/t12-/m0/s1. The summed E-state index contributed by atoms with van der Waals surface area (Å²) in [6.07, 6.45) is 2.81. The maximum absolute atomic E-state index is 8.68. The number of ether oxygens (including phenoxy) is 1. The van der Waals surface area contributed by atoms with Crippen LogP contribution in [0.4, 0.5) is 0 Å². The summed E-state index contributed by atoms with van der Waals surface area (Å²) in [7, 11) is 0. The Morgan fingerprint density at radius 2 is 2.06 bits per heavy atom. The minimum atomic E-state index is -0.0111. The van der Waals surface area contributed by atoms with Crippen LogP contribution in [0.2, 0.25) is 0 Å². The molecular formula is C14H23NO2. The summed E-state index contributed by atoms with van der Waals surface area (Å²) >= 11 is 0. The molecule has 0 radical (unpaired) electrons. The highest BCUT2D eigenvalue weighted by Gasteiger charge is 2.07. The molecule has 0 unspecified atom stereocenters. The number of hydrogen-bond acceptors (Lipinski definition) is 3. The fraction of sp³-hybridized carbons (Fsp3) is 0.571. The molecule has 0 aliphatic carbocycles. The Labute approximate surface area is 104 Å². The molecule has 0 saturated carbocycles. The van der Waals surface area contributed by atoms with Crippen molar-refractivity contribution < 1.29 is 9.84 Å². The van der Waals surface area contributed by atoms with Gasteiger partial charge in [0.1, 0.15) is 5.75 Å². The first-order valence-electron chi connectivity index (χ1n) is 6.25. The molecule has 3 nitrogen and oxygen atoms in total. The fourth-order valence-corrected chi connectivity index (χ4v) is 1.72. The monoisotopic (exact) mass is 237 g/mol. The van der Waals surface area contributed by atoms with Gasteiger partial charge >= 0.3 is 0 Å². The Balaban J connectivity index is 2.53. The van der Waals surface area contributed by atoms with Crippen LogP contribution in [0.15, 0.2) is 18.2 Å². The summed E-state index contributed by atoms with van der Waals surface area (Å²) < 4.78 is 5.76. The second-order valence-electron chi connectivity index (χ2n) is 4.46. The zero-order chi connectivity index (χ0) is 12.7. The summed E-state index contributed by atoms with van der Waals surface area (Å²) in [4.78, 5) is 0. The minimum absolute atomic E-state index is 0.0111. The Morgan fingerprint density at radius 3 is 2.71 bits per heavy atom. The Bertz CT molecular complexity index is 337. The van der Waals surface area contributed by atoms with Crippen LogP contribution in [0.5, 0.6) is 5.75 Å². The van der Waals surface area contributed by atoms with Gasteiger partial charge in [-0.15, -0.1) is 0 Å². The van der Waals surface area contributed by atoms with E-state index in [-0.39, 0.29) is 12.6 Å². The number of unbranched alkanes of at least 4 members (excludes halogenated alkanes) is 2. The van der Waals surface area contributed by atoms with Gasteiger partial charge in [-0.25, -0.2) is 0 Å². The third-order valence-corrected chi connectivity index (χ3v) is 2.72. The largest absolute Gasteiger partial charge is 0.493 e. The molecule has 17 heavy (non-hydrogen) atoms. The van der Waals surface area contributed by atoms with Crippen molar-refractivity contribution in [2.24, 2.45) is 5.73 Å². The quantitative estimate of drug-likeness (QED) is 0.717. The van der Waals surface area contributed by atoms with Gasteiger partial charge in [0.15, 0.2) is 0 Å². The third-order valence-electron chi connectivity index (χ3n) is 2.72. The Kier molecular flexibility index (Phi) is 6.01. The highest BCUT2D eigenvalue weighted by Crippen LogP contribution is 2.25. The van der Waals surface area contributed by atoms with E-state index < -0.39 is 0 Å². The molecular weight excluding hydrogens is 214 g/mol. The first-order chi connectivity index (χ1) is 8.15. The molecule has 96 valence electrons. The smallest absolute Gasteiger partial charge is 0.124 e. The molecule has 0 spiro atoms. The van der Waals surface area contributed by atoms with E-state index in [1.165, 1.54) is 5.56 Å². The maximum atomic E-state index is 8.68. The van der Waals surface area contributed by atoms with Crippen molar-refractivity contribution in [2.45, 2.75) is 39.2 Å². The van der Waals surface area contributed by atoms with E-state index in [1.807, 2.05) is 26.0 Å². The molecule has 0 aromatic heterocycles. The lowest BCUT2D eigenvalue weighted by molar-refractivity contribution is 0.265. The fourth-order valence-electron chi connectivity index (χ4n) is 1.72. The van der Waals surface area contributed by atoms with E-state index >= 15 is 0 Å². The highest BCUT2D eigenvalue weighted by atomic mass is 16.5. The van der Waals surface area contributed by atoms with Crippen molar-refractivity contribution in [1.82, 2.24) is 0 Å². The van der Waals surface area contributed by atoms with Gasteiger partial charge in [0, 0.05) is 18.2 Å². The number of aliphatic hydroxyl groups excluding tert-OH is 1. The van der Waals surface area contributed by atoms with E-state index in [1.54, 1.807) is 0 Å². The van der Waals surface area contributed by atoms with Gasteiger partial charge in [-0.2, -0.15) is 0 Å². The SMILES string of the molecule is Cc1ccc([C@H](C)N)c(OCCCCCO)c1. The molecule has 1 aromatic carbocycles. The molecule has 0 heterocycles. The molecule has 0 aliphatic rings. The van der Waals surface area contributed by atoms with E-state index in [9.17, 15) is 0 Å². The average Bonchev–Trinajstić information content (AvgIpc) is 2.28. The Morgan fingerprint density at radius 1 is 1.29 bits per heavy atom. The maximum Gasteiger partial charge on any atom is 0.124 e. The van der Waals surface area contributed by atoms with Gasteiger partial charge < -0.3 is 15.6 Å². The van der Waals surface area contributed by atoms with Crippen LogP contribution in [-0.4, -0.2) is 18.3 Å². The van der Waals surface area contributed by atoms with Gasteiger partial charge in [0.25, 0.3) is 0 Å². The van der Waals surface area contributed by atoms with E-state index in [4.69, 9.17) is 15.6 Å². The van der Waals surface area contributed by atoms with Crippen LogP contribution in [0.25, 0.3) is 0 Å². The predicted molar refractivity (Wildman–Crippen MR) is 70.2 cm³/mol. The lowest BCUT2D eigenvalue weighted by Gasteiger charge is -2.14. The molecule has 1 atom stereocenters. The van der Waals surface area contributed by atoms with Crippen molar-refractivity contribution in [2.75, 3.05) is 13.2 Å². The Hall–Kier alpha value is -1.06. The molecule has 0 bridgehead atoms. The second-order valence-corrected chi connectivity index (χ2v) is 4.46. The van der Waals surface area contributed by atoms with Crippen LogP contribution in [0.3, 0.4) is 0 Å². The van der Waals surface area contributed by atoms with Crippen LogP contribution in [0, 0.1) is 6.92 Å². The van der Waals surface area contributed by atoms with Crippen molar-refractivity contribution in [3.05, 3.63) is 29.3 Å². The minimum Gasteiger partial charge on any atom is -0.493 e. The predicted octanol–water partition coefficient (Wildman–Crippen LogP) is 2.56. The lowest BCUT2D eigenvalue weighted by atomic mass is 10.1. The van der Waals surface area contributed by atoms with Crippen molar-refractivity contribution >= 4 is 0 Å². The number of aliphatic hydroxyl groups is 1. The lowest BCUT2D eigenvalue weighted by Crippen LogP contribution is -2.09. The number of nitrogens with two attached hydrogens (primary N) is 1. The average molecular weight is 237 g/mol. The molecule has 0 saturated heterocycles. The highest BCUT2D eigenvalue weighted by molar-refractivity contribution is 5.38. The zero-order valence-electron chi connectivity index (χ0n) is 10.8.